The minimum Gasteiger partial charge on any atom is -0.477 e. The van der Waals surface area contributed by atoms with Gasteiger partial charge < -0.3 is 42.3 Å². The van der Waals surface area contributed by atoms with Crippen molar-refractivity contribution in [3.8, 4) is 0 Å². The van der Waals surface area contributed by atoms with E-state index in [1.807, 2.05) is 0 Å². The van der Waals surface area contributed by atoms with E-state index < -0.39 is 69.8 Å². The van der Waals surface area contributed by atoms with Crippen LogP contribution in [0.2, 0.25) is 0 Å². The highest BCUT2D eigenvalue weighted by atomic mass is 32.2. The number of rotatable bonds is 12. The van der Waals surface area contributed by atoms with E-state index in [0.717, 1.165) is 39.3 Å². The number of aliphatic carboxylic acids is 2. The van der Waals surface area contributed by atoms with Crippen LogP contribution in [-0.4, -0.2) is 123 Å². The zero-order chi connectivity index (χ0) is 37.9. The second-order valence-electron chi connectivity index (χ2n) is 10.5. The maximum atomic E-state index is 13.7. The molecule has 24 heteroatoms. The zero-order valence-electron chi connectivity index (χ0n) is 26.4. The Morgan fingerprint density at radius 1 is 1.02 bits per heavy atom. The summed E-state index contributed by atoms with van der Waals surface area (Å²) in [5.41, 5.74) is 4.22. The average Bonchev–Trinajstić information content (AvgIpc) is 3.77. The highest BCUT2D eigenvalue weighted by molar-refractivity contribution is 8.00. The number of nitrogens with two attached hydrogens (primary N) is 1. The maximum absolute atomic E-state index is 13.7. The quantitative estimate of drug-likeness (QED) is 0.0613. The molecular weight excluding hydrogens is 765 g/mol. The molecule has 0 unspecified atom stereocenters. The minimum absolute atomic E-state index is 0.0652. The summed E-state index contributed by atoms with van der Waals surface area (Å²) in [7, 11) is 0. The Kier molecular flexibility index (Phi) is 11.4. The van der Waals surface area contributed by atoms with Gasteiger partial charge in [-0.25, -0.2) is 19.6 Å². The van der Waals surface area contributed by atoms with Gasteiger partial charge in [0.25, 0.3) is 23.6 Å². The van der Waals surface area contributed by atoms with Crippen molar-refractivity contribution in [3.05, 3.63) is 57.7 Å². The molecule has 3 aliphatic rings. The first-order valence-corrected chi connectivity index (χ1v) is 18.3. The fourth-order valence-electron chi connectivity index (χ4n) is 5.00. The van der Waals surface area contributed by atoms with E-state index in [4.69, 9.17) is 5.73 Å². The predicted molar refractivity (Wildman–Crippen MR) is 191 cm³/mol. The van der Waals surface area contributed by atoms with E-state index in [9.17, 15) is 49.4 Å². The Labute approximate surface area is 308 Å². The normalized spacial score (nSPS) is 21.8. The molecule has 52 heavy (non-hydrogen) atoms. The second kappa shape index (κ2) is 15.7. The monoisotopic (exact) mass is 790 g/mol. The molecule has 20 nitrogen and oxygen atoms in total. The Hall–Kier alpha value is -5.59. The summed E-state index contributed by atoms with van der Waals surface area (Å²) in [5, 5.41) is 52.4. The summed E-state index contributed by atoms with van der Waals surface area (Å²) in [6.45, 7) is 5.20. The lowest BCUT2D eigenvalue weighted by molar-refractivity contribution is -0.150. The van der Waals surface area contributed by atoms with Crippen molar-refractivity contribution in [2.45, 2.75) is 29.8 Å². The number of carbonyl (C=O) groups is 6. The standard InChI is InChI=1S/C28H26N10O10S4/c1-3-9-5-49-22(34-13(9)25(43)44)16(32-19(39)14(36-47)11-7-51-27(29)30-11)21(41)35-28-31-12(8-52-28)15(37-48)20(40)33-17-23(42)38-18(26(45)46)10(4-2)6-50-24(17)38/h3-4,7-8,16-17,22,24,47-48H,2,5-6H2,1H3,(H2,29,30)(H,32,39)(H,33,40)(H,43,44)(H,45,46)(H,31,35,41)/b9-3+,36-14-,37-15-/t16-,17+,22+,24+/m0/s1. The van der Waals surface area contributed by atoms with Gasteiger partial charge >= 0.3 is 11.9 Å². The maximum Gasteiger partial charge on any atom is 0.354 e. The number of fused-ring (bicyclic) bond motifs is 1. The number of oxime groups is 2. The van der Waals surface area contributed by atoms with Crippen molar-refractivity contribution in [2.75, 3.05) is 22.6 Å². The second-order valence-corrected chi connectivity index (χ2v) is 14.4. The lowest BCUT2D eigenvalue weighted by atomic mass is 10.0. The van der Waals surface area contributed by atoms with Crippen molar-refractivity contribution in [2.24, 2.45) is 15.3 Å². The molecule has 0 spiro atoms. The lowest BCUT2D eigenvalue weighted by Gasteiger charge is -2.49. The van der Waals surface area contributed by atoms with Crippen LogP contribution in [0.5, 0.6) is 0 Å². The molecule has 5 rings (SSSR count). The molecule has 272 valence electrons. The highest BCUT2D eigenvalue weighted by Gasteiger charge is 2.54. The Morgan fingerprint density at radius 2 is 1.69 bits per heavy atom. The fraction of sp³-hybridized carbons (Fsp3) is 0.250. The molecule has 0 aliphatic carbocycles. The van der Waals surface area contributed by atoms with Gasteiger partial charge in [0.05, 0.1) is 0 Å². The third kappa shape index (κ3) is 7.39. The molecule has 0 aromatic carbocycles. The molecule has 4 atom stereocenters. The van der Waals surface area contributed by atoms with Crippen LogP contribution >= 0.6 is 46.2 Å². The lowest BCUT2D eigenvalue weighted by Crippen LogP contribution is -2.71. The van der Waals surface area contributed by atoms with E-state index >= 15 is 0 Å². The number of aromatic nitrogens is 2. The Bertz CT molecular complexity index is 2040. The fourth-order valence-corrected chi connectivity index (χ4v) is 8.81. The van der Waals surface area contributed by atoms with Gasteiger partial charge in [0.2, 0.25) is 0 Å². The van der Waals surface area contributed by atoms with E-state index in [0.29, 0.717) is 11.1 Å². The van der Waals surface area contributed by atoms with Crippen LogP contribution in [0.1, 0.15) is 18.3 Å². The summed E-state index contributed by atoms with van der Waals surface area (Å²) < 4.78 is 0. The van der Waals surface area contributed by atoms with Crippen LogP contribution in [0.4, 0.5) is 10.3 Å². The first-order chi connectivity index (χ1) is 24.8. The van der Waals surface area contributed by atoms with Crippen molar-refractivity contribution < 1.29 is 49.4 Å². The number of amides is 4. The SMILES string of the molecule is C=CC1=C(C(=O)O)N2C(=O)[C@@H](NC(=O)/C(=N\O)c3csc(NC(=O)[C@H](NC(=O)/C(=N\O)c4csc(N)n4)[C@@H]4N=C(C(=O)O)/C(=C/C)CS4)n3)[C@H]2SC1. The number of nitrogen functional groups attached to an aromatic ring is 1. The topological polar surface area (TPSA) is 312 Å². The summed E-state index contributed by atoms with van der Waals surface area (Å²) in [6, 6.07) is -2.75. The number of thioether (sulfide) groups is 2. The molecule has 5 heterocycles. The van der Waals surface area contributed by atoms with Gasteiger partial charge in [0.15, 0.2) is 21.7 Å². The number of aliphatic imine (C=N–C) groups is 1. The molecule has 0 saturated carbocycles. The van der Waals surface area contributed by atoms with Crippen molar-refractivity contribution >= 4 is 109 Å². The Morgan fingerprint density at radius 3 is 2.29 bits per heavy atom. The van der Waals surface area contributed by atoms with Crippen LogP contribution in [-0.2, 0) is 28.8 Å². The van der Waals surface area contributed by atoms with Crippen molar-refractivity contribution in [1.82, 2.24) is 25.5 Å². The number of carbonyl (C=O) groups excluding carboxylic acids is 4. The number of β-lactam (4-membered cyclic amide) rings is 1. The summed E-state index contributed by atoms with van der Waals surface area (Å²) in [5.74, 6) is -6.11. The summed E-state index contributed by atoms with van der Waals surface area (Å²) >= 11 is 3.99. The predicted octanol–water partition coefficient (Wildman–Crippen LogP) is 0.131. The van der Waals surface area contributed by atoms with Gasteiger partial charge in [-0.1, -0.05) is 29.0 Å². The van der Waals surface area contributed by atoms with E-state index in [2.05, 4.69) is 47.8 Å². The van der Waals surface area contributed by atoms with E-state index in [1.54, 1.807) is 13.0 Å². The molecule has 0 radical (unpaired) electrons. The molecule has 1 saturated heterocycles. The van der Waals surface area contributed by atoms with Crippen LogP contribution in [0.25, 0.3) is 0 Å². The van der Waals surface area contributed by atoms with Crippen LogP contribution in [0.3, 0.4) is 0 Å². The average molecular weight is 791 g/mol. The van der Waals surface area contributed by atoms with Gasteiger partial charge in [0, 0.05) is 22.3 Å². The number of hydrogen-bond donors (Lipinski definition) is 8. The molecule has 4 amide bonds. The number of thiazole rings is 2. The number of allylic oxidation sites excluding steroid dienone is 2. The molecule has 2 aromatic heterocycles. The van der Waals surface area contributed by atoms with Crippen molar-refractivity contribution in [1.29, 1.82) is 0 Å². The third-order valence-corrected chi connectivity index (χ3v) is 11.4. The van der Waals surface area contributed by atoms with E-state index in [-0.39, 0.29) is 44.6 Å². The smallest absolute Gasteiger partial charge is 0.354 e. The summed E-state index contributed by atoms with van der Waals surface area (Å²) in [6.07, 6.45) is 2.89. The van der Waals surface area contributed by atoms with Gasteiger partial charge in [0.1, 0.15) is 45.6 Å². The number of carboxylic acid groups (broad SMARTS) is 2. The Balaban J connectivity index is 1.34. The summed E-state index contributed by atoms with van der Waals surface area (Å²) in [4.78, 5) is 90.0. The largest absolute Gasteiger partial charge is 0.477 e. The number of anilines is 2. The molecule has 9 N–H and O–H groups in total. The van der Waals surface area contributed by atoms with Gasteiger partial charge in [-0.15, -0.1) is 46.2 Å². The van der Waals surface area contributed by atoms with Crippen molar-refractivity contribution in [3.63, 3.8) is 0 Å². The van der Waals surface area contributed by atoms with Gasteiger partial charge in [-0.2, -0.15) is 0 Å². The molecule has 2 aromatic rings. The molecular formula is C28H26N10O10S4. The zero-order valence-corrected chi connectivity index (χ0v) is 29.6. The van der Waals surface area contributed by atoms with Crippen LogP contribution in [0, 0.1) is 0 Å². The molecule has 0 bridgehead atoms. The molecule has 3 aliphatic heterocycles. The number of carboxylic acids is 2. The highest BCUT2D eigenvalue weighted by Crippen LogP contribution is 2.40. The first kappa shape index (κ1) is 37.7. The van der Waals surface area contributed by atoms with E-state index in [1.165, 1.54) is 28.6 Å². The number of nitrogens with zero attached hydrogens (tertiary/aromatic N) is 6. The van der Waals surface area contributed by atoms with Gasteiger partial charge in [-0.05, 0) is 18.1 Å². The number of nitrogens with one attached hydrogen (secondary N) is 3. The van der Waals surface area contributed by atoms with Crippen LogP contribution < -0.4 is 21.7 Å². The third-order valence-electron chi connectivity index (χ3n) is 7.48. The minimum atomic E-state index is -1.59. The van der Waals surface area contributed by atoms with Crippen LogP contribution in [0.15, 0.2) is 61.6 Å². The first-order valence-electron chi connectivity index (χ1n) is 14.5. The number of hydrogen-bond acceptors (Lipinski definition) is 18. The molecule has 1 fully saturated rings. The van der Waals surface area contributed by atoms with Gasteiger partial charge in [-0.3, -0.25) is 29.1 Å².